The maximum Gasteiger partial charge on any atom is 0.573 e. The molecule has 0 unspecified atom stereocenters. The summed E-state index contributed by atoms with van der Waals surface area (Å²) in [6, 6.07) is 11.4. The van der Waals surface area contributed by atoms with Crippen molar-refractivity contribution < 1.29 is 22.7 Å². The van der Waals surface area contributed by atoms with E-state index in [0.717, 1.165) is 37.1 Å². The molecule has 3 aromatic rings. The van der Waals surface area contributed by atoms with Crippen LogP contribution in [0.25, 0.3) is 11.3 Å². The van der Waals surface area contributed by atoms with Crippen LogP contribution in [0.1, 0.15) is 72.9 Å². The van der Waals surface area contributed by atoms with E-state index in [9.17, 15) is 18.0 Å². The molecule has 2 aromatic heterocycles. The van der Waals surface area contributed by atoms with Crippen LogP contribution in [0.4, 0.5) is 13.2 Å². The van der Waals surface area contributed by atoms with Crippen LogP contribution in [0.5, 0.6) is 5.75 Å². The molecule has 0 bridgehead atoms. The lowest BCUT2D eigenvalue weighted by molar-refractivity contribution is -0.274. The molecule has 1 amide bonds. The Morgan fingerprint density at radius 2 is 1.75 bits per heavy atom. The summed E-state index contributed by atoms with van der Waals surface area (Å²) in [4.78, 5) is 16.0. The number of aromatic amines is 1. The lowest BCUT2D eigenvalue weighted by Crippen LogP contribution is -2.31. The van der Waals surface area contributed by atoms with E-state index in [-0.39, 0.29) is 17.2 Å². The van der Waals surface area contributed by atoms with Gasteiger partial charge in [-0.1, -0.05) is 26.0 Å². The van der Waals surface area contributed by atoms with E-state index in [1.165, 1.54) is 18.2 Å². The maximum absolute atomic E-state index is 13.0. The van der Waals surface area contributed by atoms with Gasteiger partial charge in [0.15, 0.2) is 0 Å². The molecule has 2 N–H and O–H groups in total. The zero-order valence-corrected chi connectivity index (χ0v) is 21.1. The number of halogens is 3. The van der Waals surface area contributed by atoms with Gasteiger partial charge >= 0.3 is 6.36 Å². The second-order valence-corrected chi connectivity index (χ2v) is 8.81. The monoisotopic (exact) mass is 502 g/mol. The molecule has 0 radical (unpaired) electrons. The van der Waals surface area contributed by atoms with Gasteiger partial charge in [-0.15, -0.1) is 13.2 Å². The number of benzene rings is 1. The second-order valence-electron chi connectivity index (χ2n) is 8.81. The number of hydrogen-bond acceptors (Lipinski definition) is 4. The number of aromatic nitrogens is 3. The van der Waals surface area contributed by atoms with Crippen LogP contribution < -0.4 is 10.1 Å². The molecule has 1 saturated carbocycles. The summed E-state index contributed by atoms with van der Waals surface area (Å²) in [7, 11) is 0. The van der Waals surface area contributed by atoms with E-state index in [2.05, 4.69) is 25.2 Å². The molecule has 36 heavy (non-hydrogen) atoms. The van der Waals surface area contributed by atoms with Crippen LogP contribution in [0, 0.1) is 19.8 Å². The number of nitrogens with one attached hydrogen (secondary N) is 2. The molecular weight excluding hydrogens is 469 g/mol. The molecule has 0 saturated heterocycles. The van der Waals surface area contributed by atoms with Crippen molar-refractivity contribution in [1.29, 1.82) is 0 Å². The summed E-state index contributed by atoms with van der Waals surface area (Å²) in [5, 5.41) is 11.4. The van der Waals surface area contributed by atoms with Gasteiger partial charge < -0.3 is 15.0 Å². The largest absolute Gasteiger partial charge is 0.573 e. The minimum Gasteiger partial charge on any atom is -0.405 e. The highest BCUT2D eigenvalue weighted by Gasteiger charge is 2.33. The Morgan fingerprint density at radius 1 is 1.06 bits per heavy atom. The molecule has 1 fully saturated rings. The molecular formula is C27H33F3N4O2. The zero-order valence-electron chi connectivity index (χ0n) is 21.1. The number of alkyl halides is 3. The van der Waals surface area contributed by atoms with Gasteiger partial charge in [-0.05, 0) is 75.8 Å². The van der Waals surface area contributed by atoms with E-state index in [4.69, 9.17) is 0 Å². The predicted molar refractivity (Wildman–Crippen MR) is 133 cm³/mol. The number of aryl methyl sites for hydroxylation is 2. The molecule has 194 valence electrons. The molecule has 6 nitrogen and oxygen atoms in total. The number of H-pyrrole nitrogens is 1. The number of ether oxygens (including phenoxy) is 1. The molecule has 4 rings (SSSR count). The molecule has 1 aliphatic carbocycles. The molecule has 1 aromatic carbocycles. The van der Waals surface area contributed by atoms with Crippen molar-refractivity contribution in [2.75, 3.05) is 6.54 Å². The van der Waals surface area contributed by atoms with Crippen LogP contribution in [0.15, 0.2) is 42.5 Å². The third kappa shape index (κ3) is 7.08. The number of nitrogens with zero attached hydrogens (tertiary/aromatic N) is 2. The van der Waals surface area contributed by atoms with Gasteiger partial charge in [0.2, 0.25) is 0 Å². The summed E-state index contributed by atoms with van der Waals surface area (Å²) in [5.41, 5.74) is 3.35. The predicted octanol–water partition coefficient (Wildman–Crippen LogP) is 6.72. The third-order valence-electron chi connectivity index (χ3n) is 6.21. The SMILES string of the molecule is CC.Cc1ccc(C2CCC(CNC(=O)c3cc(C)[nH]c3-c3ccccc3OC(F)(F)F)CC2)nn1. The van der Waals surface area contributed by atoms with Crippen LogP contribution in [0.3, 0.4) is 0 Å². The molecule has 0 aliphatic heterocycles. The standard InChI is InChI=1S/C25H27F3N4O2.C2H6/c1-15-7-12-21(32-31-15)18-10-8-17(9-11-18)14-29-24(33)20-13-16(2)30-23(20)19-5-3-4-6-22(19)34-25(26,27)28;1-2/h3-7,12-13,17-18,30H,8-11,14H2,1-2H3,(H,29,33);1-2H3. The number of carbonyl (C=O) groups excluding carboxylic acids is 1. The highest BCUT2D eigenvalue weighted by Crippen LogP contribution is 2.36. The highest BCUT2D eigenvalue weighted by atomic mass is 19.4. The van der Waals surface area contributed by atoms with Gasteiger partial charge in [0.05, 0.1) is 22.6 Å². The van der Waals surface area contributed by atoms with Crippen LogP contribution in [-0.2, 0) is 0 Å². The second kappa shape index (κ2) is 12.1. The third-order valence-corrected chi connectivity index (χ3v) is 6.21. The van der Waals surface area contributed by atoms with Crippen molar-refractivity contribution in [2.24, 2.45) is 5.92 Å². The number of rotatable bonds is 6. The quantitative estimate of drug-likeness (QED) is 0.392. The first-order valence-corrected chi connectivity index (χ1v) is 12.3. The molecule has 0 spiro atoms. The number of carbonyl (C=O) groups is 1. The molecule has 1 aliphatic rings. The molecule has 0 atom stereocenters. The zero-order chi connectivity index (χ0) is 26.3. The average Bonchev–Trinajstić information content (AvgIpc) is 3.25. The summed E-state index contributed by atoms with van der Waals surface area (Å²) in [6.45, 7) is 8.17. The lowest BCUT2D eigenvalue weighted by Gasteiger charge is -2.28. The fraction of sp³-hybridized carbons (Fsp3) is 0.444. The van der Waals surface area contributed by atoms with Gasteiger partial charge in [-0.3, -0.25) is 4.79 Å². The fourth-order valence-electron chi connectivity index (χ4n) is 4.49. The Morgan fingerprint density at radius 3 is 2.39 bits per heavy atom. The lowest BCUT2D eigenvalue weighted by atomic mass is 9.80. The first-order chi connectivity index (χ1) is 17.2. The average molecular weight is 503 g/mol. The Balaban J connectivity index is 0.00000176. The van der Waals surface area contributed by atoms with Crippen molar-refractivity contribution in [3.8, 4) is 17.0 Å². The summed E-state index contributed by atoms with van der Waals surface area (Å²) in [5.74, 6) is 0.0307. The first-order valence-electron chi connectivity index (χ1n) is 12.3. The normalized spacial score (nSPS) is 17.6. The van der Waals surface area contributed by atoms with Gasteiger partial charge in [0.1, 0.15) is 5.75 Å². The van der Waals surface area contributed by atoms with E-state index in [1.807, 2.05) is 32.9 Å². The minimum absolute atomic E-state index is 0.179. The Bertz CT molecular complexity index is 1130. The number of hydrogen-bond donors (Lipinski definition) is 2. The smallest absolute Gasteiger partial charge is 0.405 e. The summed E-state index contributed by atoms with van der Waals surface area (Å²) in [6.07, 6.45) is -0.948. The molecule has 9 heteroatoms. The van der Waals surface area contributed by atoms with Crippen molar-refractivity contribution >= 4 is 5.91 Å². The van der Waals surface area contributed by atoms with Crippen molar-refractivity contribution in [1.82, 2.24) is 20.5 Å². The van der Waals surface area contributed by atoms with Gasteiger partial charge in [-0.25, -0.2) is 0 Å². The van der Waals surface area contributed by atoms with Gasteiger partial charge in [-0.2, -0.15) is 10.2 Å². The van der Waals surface area contributed by atoms with E-state index < -0.39 is 6.36 Å². The van der Waals surface area contributed by atoms with Crippen LogP contribution in [0.2, 0.25) is 0 Å². The van der Waals surface area contributed by atoms with E-state index in [0.29, 0.717) is 35.3 Å². The fourth-order valence-corrected chi connectivity index (χ4v) is 4.49. The maximum atomic E-state index is 13.0. The number of amides is 1. The van der Waals surface area contributed by atoms with Crippen molar-refractivity contribution in [3.63, 3.8) is 0 Å². The van der Waals surface area contributed by atoms with Gasteiger partial charge in [0, 0.05) is 23.7 Å². The number of para-hydroxylation sites is 1. The minimum atomic E-state index is -4.83. The van der Waals surface area contributed by atoms with Crippen LogP contribution >= 0.6 is 0 Å². The topological polar surface area (TPSA) is 79.9 Å². The Labute approximate surface area is 209 Å². The first kappa shape index (κ1) is 27.2. The molecule has 2 heterocycles. The highest BCUT2D eigenvalue weighted by molar-refractivity contribution is 6.01. The summed E-state index contributed by atoms with van der Waals surface area (Å²) >= 11 is 0. The van der Waals surface area contributed by atoms with Crippen molar-refractivity contribution in [2.45, 2.75) is 65.7 Å². The van der Waals surface area contributed by atoms with Gasteiger partial charge in [0.25, 0.3) is 5.91 Å². The Kier molecular flexibility index (Phi) is 9.12. The Hall–Kier alpha value is -3.36. The van der Waals surface area contributed by atoms with E-state index in [1.54, 1.807) is 19.1 Å². The van der Waals surface area contributed by atoms with E-state index >= 15 is 0 Å². The summed E-state index contributed by atoms with van der Waals surface area (Å²) < 4.78 is 42.8. The van der Waals surface area contributed by atoms with Crippen LogP contribution in [-0.4, -0.2) is 34.0 Å². The van der Waals surface area contributed by atoms with Crippen molar-refractivity contribution in [3.05, 3.63) is 65.1 Å².